The van der Waals surface area contributed by atoms with E-state index in [1.54, 1.807) is 0 Å². The first-order chi connectivity index (χ1) is 5.88. The molecule has 1 saturated heterocycles. The molecule has 2 heterocycles. The van der Waals surface area contributed by atoms with Crippen LogP contribution in [0.2, 0.25) is 0 Å². The van der Waals surface area contributed by atoms with Crippen molar-refractivity contribution in [3.05, 3.63) is 23.7 Å². The number of rotatable bonds is 3. The van der Waals surface area contributed by atoms with E-state index in [1.165, 1.54) is 19.5 Å². The van der Waals surface area contributed by atoms with Crippen molar-refractivity contribution in [1.82, 2.24) is 4.90 Å². The first-order valence-corrected chi connectivity index (χ1v) is 4.38. The fourth-order valence-corrected chi connectivity index (χ4v) is 1.38. The zero-order valence-electron chi connectivity index (χ0n) is 7.12. The molecule has 0 amide bonds. The quantitative estimate of drug-likeness (QED) is 0.726. The molecule has 1 aliphatic heterocycles. The summed E-state index contributed by atoms with van der Waals surface area (Å²) in [4.78, 5) is 2.36. The van der Waals surface area contributed by atoms with Crippen LogP contribution in [0.3, 0.4) is 0 Å². The highest BCUT2D eigenvalue weighted by Gasteiger charge is 2.15. The van der Waals surface area contributed by atoms with Gasteiger partial charge >= 0.3 is 0 Å². The lowest BCUT2D eigenvalue weighted by molar-refractivity contribution is 0.158. The van der Waals surface area contributed by atoms with Gasteiger partial charge in [-0.2, -0.15) is 0 Å². The van der Waals surface area contributed by atoms with Gasteiger partial charge in [-0.15, -0.1) is 0 Å². The van der Waals surface area contributed by atoms with Crippen LogP contribution in [0.25, 0.3) is 0 Å². The maximum atomic E-state index is 5.47. The second-order valence-corrected chi connectivity index (χ2v) is 3.20. The van der Waals surface area contributed by atoms with E-state index in [2.05, 4.69) is 4.90 Å². The summed E-state index contributed by atoms with van der Waals surface area (Å²) >= 11 is 0. The van der Waals surface area contributed by atoms with Crippen molar-refractivity contribution in [2.24, 2.45) is 5.73 Å². The Hall–Kier alpha value is -0.800. The minimum absolute atomic E-state index is 0.500. The highest BCUT2D eigenvalue weighted by Crippen LogP contribution is 2.14. The summed E-state index contributed by atoms with van der Waals surface area (Å²) < 4.78 is 5.47. The van der Waals surface area contributed by atoms with Gasteiger partial charge in [0.25, 0.3) is 0 Å². The van der Waals surface area contributed by atoms with Crippen LogP contribution in [-0.4, -0.2) is 18.0 Å². The molecule has 0 aliphatic carbocycles. The predicted molar refractivity (Wildman–Crippen MR) is 46.5 cm³/mol. The van der Waals surface area contributed by atoms with Gasteiger partial charge in [-0.05, 0) is 31.6 Å². The number of nitrogens with zero attached hydrogens (tertiary/aromatic N) is 1. The van der Waals surface area contributed by atoms with Gasteiger partial charge in [0.1, 0.15) is 11.5 Å². The fourth-order valence-electron chi connectivity index (χ4n) is 1.38. The summed E-state index contributed by atoms with van der Waals surface area (Å²) in [5, 5.41) is 0. The lowest BCUT2D eigenvalue weighted by Gasteiger charge is -2.29. The summed E-state index contributed by atoms with van der Waals surface area (Å²) in [5.41, 5.74) is 5.43. The SMILES string of the molecule is NCc1ccc(CN2CCC2)o1. The molecule has 0 saturated carbocycles. The number of hydrogen-bond donors (Lipinski definition) is 1. The predicted octanol–water partition coefficient (Wildman–Crippen LogP) is 0.944. The maximum absolute atomic E-state index is 5.47. The van der Waals surface area contributed by atoms with Gasteiger partial charge < -0.3 is 10.2 Å². The minimum Gasteiger partial charge on any atom is -0.463 e. The molecular formula is C9H14N2O. The molecule has 0 spiro atoms. The minimum atomic E-state index is 0.500. The number of furan rings is 1. The molecular weight excluding hydrogens is 152 g/mol. The van der Waals surface area contributed by atoms with Crippen LogP contribution in [0.5, 0.6) is 0 Å². The lowest BCUT2D eigenvalue weighted by Crippen LogP contribution is -2.36. The van der Waals surface area contributed by atoms with Crippen LogP contribution in [0, 0.1) is 0 Å². The third kappa shape index (κ3) is 1.52. The van der Waals surface area contributed by atoms with Crippen molar-refractivity contribution in [3.63, 3.8) is 0 Å². The number of hydrogen-bond acceptors (Lipinski definition) is 3. The van der Waals surface area contributed by atoms with Crippen LogP contribution in [-0.2, 0) is 13.1 Å². The Bertz CT molecular complexity index is 253. The highest BCUT2D eigenvalue weighted by atomic mass is 16.3. The number of likely N-dealkylation sites (tertiary alicyclic amines) is 1. The van der Waals surface area contributed by atoms with Gasteiger partial charge in [0, 0.05) is 0 Å². The average Bonchev–Trinajstić information content (AvgIpc) is 2.44. The molecule has 0 atom stereocenters. The van der Waals surface area contributed by atoms with Crippen molar-refractivity contribution < 1.29 is 4.42 Å². The molecule has 2 rings (SSSR count). The Morgan fingerprint density at radius 2 is 2.08 bits per heavy atom. The summed E-state index contributed by atoms with van der Waals surface area (Å²) in [5.74, 6) is 1.92. The zero-order chi connectivity index (χ0) is 8.39. The largest absolute Gasteiger partial charge is 0.463 e. The topological polar surface area (TPSA) is 42.4 Å². The third-order valence-electron chi connectivity index (χ3n) is 2.25. The fraction of sp³-hybridized carbons (Fsp3) is 0.556. The summed E-state index contributed by atoms with van der Waals surface area (Å²) in [6, 6.07) is 3.97. The molecule has 3 heteroatoms. The standard InChI is InChI=1S/C9H14N2O/c10-6-8-2-3-9(12-8)7-11-4-1-5-11/h2-3H,1,4-7,10H2. The van der Waals surface area contributed by atoms with Crippen LogP contribution in [0.4, 0.5) is 0 Å². The zero-order valence-corrected chi connectivity index (χ0v) is 7.12. The Morgan fingerprint density at radius 3 is 2.58 bits per heavy atom. The van der Waals surface area contributed by atoms with Crippen LogP contribution >= 0.6 is 0 Å². The Balaban J connectivity index is 1.93. The molecule has 3 nitrogen and oxygen atoms in total. The van der Waals surface area contributed by atoms with E-state index in [0.717, 1.165) is 18.1 Å². The summed E-state index contributed by atoms with van der Waals surface area (Å²) in [7, 11) is 0. The maximum Gasteiger partial charge on any atom is 0.118 e. The molecule has 12 heavy (non-hydrogen) atoms. The van der Waals surface area contributed by atoms with Gasteiger partial charge in [0.2, 0.25) is 0 Å². The van der Waals surface area contributed by atoms with Crippen molar-refractivity contribution in [2.75, 3.05) is 13.1 Å². The van der Waals surface area contributed by atoms with E-state index in [-0.39, 0.29) is 0 Å². The summed E-state index contributed by atoms with van der Waals surface area (Å²) in [6.07, 6.45) is 1.32. The Morgan fingerprint density at radius 1 is 1.33 bits per heavy atom. The van der Waals surface area contributed by atoms with Gasteiger partial charge in [-0.1, -0.05) is 0 Å². The second-order valence-electron chi connectivity index (χ2n) is 3.20. The van der Waals surface area contributed by atoms with Crippen molar-refractivity contribution in [1.29, 1.82) is 0 Å². The van der Waals surface area contributed by atoms with E-state index in [0.29, 0.717) is 6.54 Å². The highest BCUT2D eigenvalue weighted by molar-refractivity contribution is 5.07. The molecule has 0 bridgehead atoms. The van der Waals surface area contributed by atoms with E-state index in [9.17, 15) is 0 Å². The monoisotopic (exact) mass is 166 g/mol. The van der Waals surface area contributed by atoms with Gasteiger partial charge in [0.05, 0.1) is 13.1 Å². The van der Waals surface area contributed by atoms with E-state index in [4.69, 9.17) is 10.2 Å². The molecule has 1 fully saturated rings. The lowest BCUT2D eigenvalue weighted by atomic mass is 10.2. The van der Waals surface area contributed by atoms with Crippen molar-refractivity contribution >= 4 is 0 Å². The van der Waals surface area contributed by atoms with Crippen LogP contribution < -0.4 is 5.73 Å². The smallest absolute Gasteiger partial charge is 0.118 e. The first kappa shape index (κ1) is 7.83. The average molecular weight is 166 g/mol. The molecule has 0 unspecified atom stereocenters. The molecule has 0 radical (unpaired) electrons. The molecule has 1 aliphatic rings. The molecule has 1 aromatic rings. The molecule has 1 aromatic heterocycles. The number of nitrogens with two attached hydrogens (primary N) is 1. The van der Waals surface area contributed by atoms with Gasteiger partial charge in [0.15, 0.2) is 0 Å². The van der Waals surface area contributed by atoms with Gasteiger partial charge in [-0.25, -0.2) is 0 Å². The van der Waals surface area contributed by atoms with Crippen LogP contribution in [0.15, 0.2) is 16.5 Å². The first-order valence-electron chi connectivity index (χ1n) is 4.38. The second kappa shape index (κ2) is 3.29. The van der Waals surface area contributed by atoms with Crippen molar-refractivity contribution in [2.45, 2.75) is 19.5 Å². The van der Waals surface area contributed by atoms with E-state index < -0.39 is 0 Å². The Labute approximate surface area is 72.1 Å². The molecule has 66 valence electrons. The van der Waals surface area contributed by atoms with Gasteiger partial charge in [-0.3, -0.25) is 4.90 Å². The Kier molecular flexibility index (Phi) is 2.15. The van der Waals surface area contributed by atoms with E-state index in [1.807, 2.05) is 12.1 Å². The molecule has 2 N–H and O–H groups in total. The van der Waals surface area contributed by atoms with Crippen LogP contribution in [0.1, 0.15) is 17.9 Å². The van der Waals surface area contributed by atoms with Crippen molar-refractivity contribution in [3.8, 4) is 0 Å². The normalized spacial score (nSPS) is 17.8. The molecule has 0 aromatic carbocycles. The summed E-state index contributed by atoms with van der Waals surface area (Å²) in [6.45, 7) is 3.86. The van der Waals surface area contributed by atoms with E-state index >= 15 is 0 Å². The third-order valence-corrected chi connectivity index (χ3v) is 2.25.